The lowest BCUT2D eigenvalue weighted by molar-refractivity contribution is -0.870. The van der Waals surface area contributed by atoms with Crippen molar-refractivity contribution in [3.63, 3.8) is 0 Å². The number of allylic oxidation sites excluding steroid dienone is 4. The number of nitrogens with zero attached hydrogens (tertiary/aromatic N) is 1. The number of likely N-dealkylation sites (N-methyl/N-ethyl adjacent to an activating group) is 1. The van der Waals surface area contributed by atoms with Crippen LogP contribution in [0.2, 0.25) is 0 Å². The first kappa shape index (κ1) is 87.0. The van der Waals surface area contributed by atoms with Gasteiger partial charge in [-0.1, -0.05) is 398 Å². The highest BCUT2D eigenvalue weighted by Gasteiger charge is 2.24. The molecule has 0 aliphatic rings. The molecule has 0 heterocycles. The summed E-state index contributed by atoms with van der Waals surface area (Å²) in [5, 5.41) is 14.1. The molecule has 0 aromatic carbocycles. The molecule has 0 aliphatic heterocycles. The fourth-order valence-electron chi connectivity index (χ4n) is 12.6. The molecule has 3 unspecified atom stereocenters. The van der Waals surface area contributed by atoms with Crippen LogP contribution in [0.3, 0.4) is 0 Å². The third-order valence-corrected chi connectivity index (χ3v) is 19.7. The summed E-state index contributed by atoms with van der Waals surface area (Å²) in [6, 6.07) is -0.800. The van der Waals surface area contributed by atoms with Gasteiger partial charge in [0.2, 0.25) is 5.91 Å². The van der Waals surface area contributed by atoms with Gasteiger partial charge in [-0.3, -0.25) is 9.36 Å². The summed E-state index contributed by atoms with van der Waals surface area (Å²) < 4.78 is 23.6. The van der Waals surface area contributed by atoms with Gasteiger partial charge in [0.05, 0.1) is 39.9 Å². The zero-order chi connectivity index (χ0) is 64.1. The molecule has 524 valence electrons. The standard InChI is InChI=1S/C79H157N2O6P/c1-6-8-10-12-14-16-18-20-22-24-26-28-30-32-34-36-38-39-40-41-43-45-47-49-51-53-55-57-59-61-63-65-67-69-71-73-79(83)80-77(76-87-88(84,85)86-75-74-81(3,4)5)78(82)72-70-68-66-64-62-60-58-56-54-52-50-48-46-44-42-37-35-33-31-29-27-25-23-21-19-17-15-13-11-9-7-2/h18,20,24,26,77-78,82H,6-17,19,21-23,25,27-76H2,1-5H3,(H-,80,83,84,85)/b20-18-,26-24-. The van der Waals surface area contributed by atoms with E-state index in [0.29, 0.717) is 23.9 Å². The summed E-state index contributed by atoms with van der Waals surface area (Å²) in [6.45, 7) is 4.79. The molecule has 0 rings (SSSR count). The highest BCUT2D eigenvalue weighted by atomic mass is 31.2. The molecule has 0 saturated heterocycles. The van der Waals surface area contributed by atoms with Crippen LogP contribution in [-0.4, -0.2) is 68.5 Å². The predicted molar refractivity (Wildman–Crippen MR) is 385 cm³/mol. The van der Waals surface area contributed by atoms with E-state index in [9.17, 15) is 19.4 Å². The highest BCUT2D eigenvalue weighted by molar-refractivity contribution is 7.45. The van der Waals surface area contributed by atoms with Gasteiger partial charge in [-0.05, 0) is 44.9 Å². The van der Waals surface area contributed by atoms with E-state index in [1.54, 1.807) is 0 Å². The maximum atomic E-state index is 13.1. The second-order valence-corrected chi connectivity index (χ2v) is 30.2. The Morgan fingerprint density at radius 3 is 0.943 bits per heavy atom. The number of nitrogens with one attached hydrogen (secondary N) is 1. The van der Waals surface area contributed by atoms with Crippen LogP contribution in [0.15, 0.2) is 24.3 Å². The van der Waals surface area contributed by atoms with E-state index in [2.05, 4.69) is 43.5 Å². The second kappa shape index (κ2) is 70.3. The van der Waals surface area contributed by atoms with Crippen molar-refractivity contribution in [2.75, 3.05) is 40.9 Å². The van der Waals surface area contributed by atoms with Gasteiger partial charge in [-0.15, -0.1) is 0 Å². The molecule has 0 bridgehead atoms. The molecule has 0 radical (unpaired) electrons. The molecule has 0 fully saturated rings. The minimum atomic E-state index is -4.58. The average Bonchev–Trinajstić information content (AvgIpc) is 3.64. The van der Waals surface area contributed by atoms with Gasteiger partial charge in [0.25, 0.3) is 7.82 Å². The Morgan fingerprint density at radius 1 is 0.398 bits per heavy atom. The Morgan fingerprint density at radius 2 is 0.659 bits per heavy atom. The number of hydrogen-bond acceptors (Lipinski definition) is 6. The minimum Gasteiger partial charge on any atom is -0.756 e. The molecule has 8 nitrogen and oxygen atoms in total. The third-order valence-electron chi connectivity index (χ3n) is 18.7. The number of carbonyl (C=O) groups excluding carboxylic acids is 1. The number of phosphoric acid groups is 1. The quantitative estimate of drug-likeness (QED) is 0.0272. The second-order valence-electron chi connectivity index (χ2n) is 28.8. The predicted octanol–water partition coefficient (Wildman–Crippen LogP) is 25.2. The van der Waals surface area contributed by atoms with Crippen molar-refractivity contribution in [1.29, 1.82) is 0 Å². The zero-order valence-corrected chi connectivity index (χ0v) is 61.1. The molecular weight excluding hydrogens is 1100 g/mol. The van der Waals surface area contributed by atoms with Crippen molar-refractivity contribution in [2.45, 2.75) is 437 Å². The molecule has 0 aromatic rings. The zero-order valence-electron chi connectivity index (χ0n) is 60.2. The number of aliphatic hydroxyl groups is 1. The largest absolute Gasteiger partial charge is 0.756 e. The molecule has 0 aliphatic carbocycles. The summed E-state index contributed by atoms with van der Waals surface area (Å²) in [5.74, 6) is -0.154. The lowest BCUT2D eigenvalue weighted by atomic mass is 10.0. The number of phosphoric ester groups is 1. The summed E-state index contributed by atoms with van der Waals surface area (Å²) in [6.07, 6.45) is 93.0. The fraction of sp³-hybridized carbons (Fsp3) is 0.937. The van der Waals surface area contributed by atoms with Gasteiger partial charge in [-0.25, -0.2) is 0 Å². The SMILES string of the molecule is CCCCCCC/C=C\C/C=C\CCCCCCCCCCCCCCCCCCCCCCCCCC(=O)NC(COP(=O)([O-])OCC[N+](C)(C)C)C(O)CCCCCCCCCCCCCCCCCCCCCCCCCCCCCCCCC. The number of hydrogen-bond donors (Lipinski definition) is 2. The van der Waals surface area contributed by atoms with E-state index in [0.717, 1.165) is 44.9 Å². The van der Waals surface area contributed by atoms with E-state index in [1.165, 1.54) is 353 Å². The van der Waals surface area contributed by atoms with Crippen LogP contribution in [0.5, 0.6) is 0 Å². The average molecular weight is 1260 g/mol. The van der Waals surface area contributed by atoms with Crippen molar-refractivity contribution < 1.29 is 32.9 Å². The number of amides is 1. The van der Waals surface area contributed by atoms with E-state index in [4.69, 9.17) is 9.05 Å². The van der Waals surface area contributed by atoms with E-state index in [-0.39, 0.29) is 19.1 Å². The van der Waals surface area contributed by atoms with Gasteiger partial charge in [0.15, 0.2) is 0 Å². The maximum Gasteiger partial charge on any atom is 0.268 e. The van der Waals surface area contributed by atoms with Gasteiger partial charge < -0.3 is 28.8 Å². The molecule has 0 aromatic heterocycles. The Labute approximate surface area is 551 Å². The summed E-state index contributed by atoms with van der Waals surface area (Å²) in [7, 11) is 1.33. The first-order valence-corrected chi connectivity index (χ1v) is 41.1. The van der Waals surface area contributed by atoms with Gasteiger partial charge in [0, 0.05) is 6.42 Å². The summed E-state index contributed by atoms with van der Waals surface area (Å²) in [5.41, 5.74) is 0. The number of quaternary nitrogens is 1. The van der Waals surface area contributed by atoms with Crippen molar-refractivity contribution in [3.05, 3.63) is 24.3 Å². The van der Waals surface area contributed by atoms with Crippen LogP contribution in [-0.2, 0) is 18.4 Å². The Balaban J connectivity index is 3.91. The lowest BCUT2D eigenvalue weighted by Gasteiger charge is -2.30. The molecule has 2 N–H and O–H groups in total. The normalized spacial score (nSPS) is 13.6. The van der Waals surface area contributed by atoms with Crippen molar-refractivity contribution in [3.8, 4) is 0 Å². The monoisotopic (exact) mass is 1260 g/mol. The van der Waals surface area contributed by atoms with Crippen LogP contribution in [0.1, 0.15) is 425 Å². The molecular formula is C79H157N2O6P. The third kappa shape index (κ3) is 72.4. The maximum absolute atomic E-state index is 13.1. The number of rotatable bonds is 75. The lowest BCUT2D eigenvalue weighted by Crippen LogP contribution is -2.46. The van der Waals surface area contributed by atoms with Crippen molar-refractivity contribution in [1.82, 2.24) is 5.32 Å². The van der Waals surface area contributed by atoms with Crippen LogP contribution < -0.4 is 10.2 Å². The van der Waals surface area contributed by atoms with Crippen LogP contribution in [0, 0.1) is 0 Å². The highest BCUT2D eigenvalue weighted by Crippen LogP contribution is 2.38. The fourth-order valence-corrected chi connectivity index (χ4v) is 13.3. The topological polar surface area (TPSA) is 108 Å². The Kier molecular flexibility index (Phi) is 69.5. The first-order chi connectivity index (χ1) is 43.0. The number of unbranched alkanes of at least 4 members (excludes halogenated alkanes) is 58. The van der Waals surface area contributed by atoms with E-state index in [1.807, 2.05) is 21.1 Å². The van der Waals surface area contributed by atoms with E-state index >= 15 is 0 Å². The molecule has 0 spiro atoms. The van der Waals surface area contributed by atoms with Crippen molar-refractivity contribution in [2.24, 2.45) is 0 Å². The van der Waals surface area contributed by atoms with Gasteiger partial charge in [0.1, 0.15) is 13.2 Å². The molecule has 1 amide bonds. The molecule has 88 heavy (non-hydrogen) atoms. The number of aliphatic hydroxyl groups excluding tert-OH is 1. The van der Waals surface area contributed by atoms with Crippen molar-refractivity contribution >= 4 is 13.7 Å². The molecule has 9 heteroatoms. The Bertz CT molecular complexity index is 1480. The Hall–Kier alpha value is -1.02. The van der Waals surface area contributed by atoms with Gasteiger partial charge >= 0.3 is 0 Å². The van der Waals surface area contributed by atoms with Crippen LogP contribution in [0.25, 0.3) is 0 Å². The molecule has 0 saturated carbocycles. The molecule has 3 atom stereocenters. The van der Waals surface area contributed by atoms with Crippen LogP contribution >= 0.6 is 7.82 Å². The summed E-state index contributed by atoms with van der Waals surface area (Å²) >= 11 is 0. The first-order valence-electron chi connectivity index (χ1n) is 39.7. The van der Waals surface area contributed by atoms with E-state index < -0.39 is 20.0 Å². The smallest absolute Gasteiger partial charge is 0.268 e. The summed E-state index contributed by atoms with van der Waals surface area (Å²) in [4.78, 5) is 25.7. The van der Waals surface area contributed by atoms with Gasteiger partial charge in [-0.2, -0.15) is 0 Å². The number of carbonyl (C=O) groups is 1. The minimum absolute atomic E-state index is 0.0156. The van der Waals surface area contributed by atoms with Crippen LogP contribution in [0.4, 0.5) is 0 Å².